The summed E-state index contributed by atoms with van der Waals surface area (Å²) in [6.07, 6.45) is 0. The SMILES string of the molecule is CCS(=O)CCNc1cc2nc(C)sc2cc1N. The standard InChI is InChI=1S/C12H17N3OS2/c1-3-18(16)5-4-14-10-7-11-12(6-9(10)13)17-8(2)15-11/h6-7,14H,3-5,13H2,1-2H3. The number of nitrogens with one attached hydrogen (secondary N) is 1. The molecule has 2 aromatic rings. The number of hydrogen-bond acceptors (Lipinski definition) is 5. The summed E-state index contributed by atoms with van der Waals surface area (Å²) in [7, 11) is -0.747. The van der Waals surface area contributed by atoms with Crippen molar-refractivity contribution >= 4 is 43.7 Å². The van der Waals surface area contributed by atoms with E-state index >= 15 is 0 Å². The molecule has 4 nitrogen and oxygen atoms in total. The molecule has 0 spiro atoms. The van der Waals surface area contributed by atoms with E-state index in [1.165, 1.54) is 0 Å². The number of anilines is 2. The summed E-state index contributed by atoms with van der Waals surface area (Å²) in [5.74, 6) is 1.34. The number of thiazole rings is 1. The van der Waals surface area contributed by atoms with Crippen LogP contribution in [0.3, 0.4) is 0 Å². The normalized spacial score (nSPS) is 12.8. The topological polar surface area (TPSA) is 68.0 Å². The minimum Gasteiger partial charge on any atom is -0.397 e. The first-order chi connectivity index (χ1) is 8.60. The van der Waals surface area contributed by atoms with Crippen LogP contribution >= 0.6 is 11.3 Å². The maximum atomic E-state index is 11.3. The van der Waals surface area contributed by atoms with Gasteiger partial charge in [0.15, 0.2) is 0 Å². The number of rotatable bonds is 5. The van der Waals surface area contributed by atoms with E-state index in [0.717, 1.165) is 20.9 Å². The van der Waals surface area contributed by atoms with Crippen LogP contribution in [-0.4, -0.2) is 27.2 Å². The third-order valence-corrected chi connectivity index (χ3v) is 4.87. The molecule has 0 aliphatic heterocycles. The van der Waals surface area contributed by atoms with Crippen LogP contribution in [0.4, 0.5) is 11.4 Å². The molecule has 0 saturated heterocycles. The first kappa shape index (κ1) is 13.3. The van der Waals surface area contributed by atoms with Crippen molar-refractivity contribution in [3.63, 3.8) is 0 Å². The highest BCUT2D eigenvalue weighted by molar-refractivity contribution is 7.84. The number of aryl methyl sites for hydroxylation is 1. The molecule has 98 valence electrons. The second kappa shape index (κ2) is 5.67. The molecule has 2 rings (SSSR count). The quantitative estimate of drug-likeness (QED) is 0.827. The molecule has 1 heterocycles. The van der Waals surface area contributed by atoms with E-state index in [4.69, 9.17) is 5.73 Å². The fourth-order valence-corrected chi connectivity index (χ4v) is 3.18. The number of fused-ring (bicyclic) bond motifs is 1. The monoisotopic (exact) mass is 283 g/mol. The van der Waals surface area contributed by atoms with Gasteiger partial charge in [-0.2, -0.15) is 0 Å². The number of nitrogens with zero attached hydrogens (tertiary/aromatic N) is 1. The van der Waals surface area contributed by atoms with Gasteiger partial charge in [0.1, 0.15) is 0 Å². The molecule has 0 fully saturated rings. The van der Waals surface area contributed by atoms with Crippen LogP contribution in [0.1, 0.15) is 11.9 Å². The van der Waals surface area contributed by atoms with E-state index in [0.29, 0.717) is 23.7 Å². The Kier molecular flexibility index (Phi) is 4.19. The van der Waals surface area contributed by atoms with Crippen molar-refractivity contribution in [1.29, 1.82) is 0 Å². The summed E-state index contributed by atoms with van der Waals surface area (Å²) in [4.78, 5) is 4.44. The second-order valence-electron chi connectivity index (χ2n) is 4.00. The smallest absolute Gasteiger partial charge is 0.0907 e. The maximum absolute atomic E-state index is 11.3. The van der Waals surface area contributed by atoms with Crippen LogP contribution in [-0.2, 0) is 10.8 Å². The third-order valence-electron chi connectivity index (χ3n) is 2.63. The summed E-state index contributed by atoms with van der Waals surface area (Å²) in [6, 6.07) is 3.90. The van der Waals surface area contributed by atoms with Crippen molar-refractivity contribution in [2.24, 2.45) is 0 Å². The van der Waals surface area contributed by atoms with Crippen LogP contribution in [0.5, 0.6) is 0 Å². The zero-order chi connectivity index (χ0) is 13.1. The molecule has 1 aromatic carbocycles. The lowest BCUT2D eigenvalue weighted by Crippen LogP contribution is -2.12. The molecule has 0 aliphatic rings. The molecular weight excluding hydrogens is 266 g/mol. The van der Waals surface area contributed by atoms with E-state index in [9.17, 15) is 4.21 Å². The predicted molar refractivity (Wildman–Crippen MR) is 80.8 cm³/mol. The minimum atomic E-state index is -0.747. The Hall–Kier alpha value is -1.14. The molecule has 1 unspecified atom stereocenters. The van der Waals surface area contributed by atoms with Gasteiger partial charge in [0, 0.05) is 28.9 Å². The molecule has 1 atom stereocenters. The van der Waals surface area contributed by atoms with Gasteiger partial charge >= 0.3 is 0 Å². The Morgan fingerprint density at radius 3 is 3.00 bits per heavy atom. The van der Waals surface area contributed by atoms with Gasteiger partial charge in [0.05, 0.1) is 26.6 Å². The largest absolute Gasteiger partial charge is 0.397 e. The lowest BCUT2D eigenvalue weighted by atomic mass is 10.2. The average Bonchev–Trinajstić information content (AvgIpc) is 2.68. The van der Waals surface area contributed by atoms with Crippen LogP contribution in [0.15, 0.2) is 12.1 Å². The van der Waals surface area contributed by atoms with Gasteiger partial charge in [-0.15, -0.1) is 11.3 Å². The average molecular weight is 283 g/mol. The summed E-state index contributed by atoms with van der Waals surface area (Å²) in [6.45, 7) is 4.58. The van der Waals surface area contributed by atoms with Crippen molar-refractivity contribution in [3.8, 4) is 0 Å². The molecule has 1 aromatic heterocycles. The summed E-state index contributed by atoms with van der Waals surface area (Å²) < 4.78 is 12.4. The second-order valence-corrected chi connectivity index (χ2v) is 7.10. The van der Waals surface area contributed by atoms with Gasteiger partial charge in [-0.3, -0.25) is 4.21 Å². The Morgan fingerprint density at radius 1 is 1.50 bits per heavy atom. The Bertz CT molecular complexity index is 580. The fourth-order valence-electron chi connectivity index (χ4n) is 1.70. The zero-order valence-electron chi connectivity index (χ0n) is 10.5. The molecule has 0 bridgehead atoms. The number of nitrogens with two attached hydrogens (primary N) is 1. The Labute approximate surface area is 113 Å². The van der Waals surface area contributed by atoms with Crippen LogP contribution in [0, 0.1) is 6.92 Å². The van der Waals surface area contributed by atoms with Crippen molar-refractivity contribution in [3.05, 3.63) is 17.1 Å². The first-order valence-corrected chi connectivity index (χ1v) is 8.16. The number of aromatic nitrogens is 1. The highest BCUT2D eigenvalue weighted by atomic mass is 32.2. The van der Waals surface area contributed by atoms with E-state index in [-0.39, 0.29) is 0 Å². The predicted octanol–water partition coefficient (Wildman–Crippen LogP) is 2.37. The van der Waals surface area contributed by atoms with E-state index in [1.807, 2.05) is 26.0 Å². The van der Waals surface area contributed by atoms with Crippen LogP contribution in [0.2, 0.25) is 0 Å². The highest BCUT2D eigenvalue weighted by Crippen LogP contribution is 2.29. The van der Waals surface area contributed by atoms with Gasteiger partial charge < -0.3 is 11.1 Å². The fraction of sp³-hybridized carbons (Fsp3) is 0.417. The summed E-state index contributed by atoms with van der Waals surface area (Å²) in [5, 5.41) is 4.26. The van der Waals surface area contributed by atoms with Crippen LogP contribution < -0.4 is 11.1 Å². The van der Waals surface area contributed by atoms with Gasteiger partial charge in [-0.05, 0) is 19.1 Å². The van der Waals surface area contributed by atoms with Crippen molar-refractivity contribution in [1.82, 2.24) is 4.98 Å². The van der Waals surface area contributed by atoms with E-state index in [1.54, 1.807) is 11.3 Å². The highest BCUT2D eigenvalue weighted by Gasteiger charge is 2.06. The van der Waals surface area contributed by atoms with E-state index < -0.39 is 10.8 Å². The van der Waals surface area contributed by atoms with Gasteiger partial charge in [-0.1, -0.05) is 6.92 Å². The molecule has 0 radical (unpaired) electrons. The first-order valence-electron chi connectivity index (χ1n) is 5.85. The number of benzene rings is 1. The molecular formula is C12H17N3OS2. The number of nitrogen functional groups attached to an aromatic ring is 1. The molecule has 18 heavy (non-hydrogen) atoms. The summed E-state index contributed by atoms with van der Waals surface area (Å²) >= 11 is 1.64. The molecule has 0 saturated carbocycles. The molecule has 6 heteroatoms. The lowest BCUT2D eigenvalue weighted by Gasteiger charge is -2.08. The van der Waals surface area contributed by atoms with Crippen molar-refractivity contribution in [2.75, 3.05) is 29.1 Å². The Balaban J connectivity index is 2.12. The van der Waals surface area contributed by atoms with Crippen molar-refractivity contribution < 1.29 is 4.21 Å². The lowest BCUT2D eigenvalue weighted by molar-refractivity contribution is 0.684. The summed E-state index contributed by atoms with van der Waals surface area (Å²) in [5.41, 5.74) is 8.54. The number of hydrogen-bond donors (Lipinski definition) is 2. The zero-order valence-corrected chi connectivity index (χ0v) is 12.2. The van der Waals surface area contributed by atoms with Gasteiger partial charge in [0.2, 0.25) is 0 Å². The maximum Gasteiger partial charge on any atom is 0.0907 e. The van der Waals surface area contributed by atoms with Crippen molar-refractivity contribution in [2.45, 2.75) is 13.8 Å². The Morgan fingerprint density at radius 2 is 2.28 bits per heavy atom. The molecule has 0 aliphatic carbocycles. The minimum absolute atomic E-state index is 0.643. The molecule has 0 amide bonds. The van der Waals surface area contributed by atoms with E-state index in [2.05, 4.69) is 10.3 Å². The van der Waals surface area contributed by atoms with Gasteiger partial charge in [0.25, 0.3) is 0 Å². The molecule has 3 N–H and O–H groups in total. The third kappa shape index (κ3) is 3.00. The van der Waals surface area contributed by atoms with Gasteiger partial charge in [-0.25, -0.2) is 4.98 Å². The van der Waals surface area contributed by atoms with Crippen LogP contribution in [0.25, 0.3) is 10.2 Å².